The van der Waals surface area contributed by atoms with Crippen molar-refractivity contribution in [2.75, 3.05) is 6.54 Å². The van der Waals surface area contributed by atoms with Gasteiger partial charge in [-0.3, -0.25) is 9.59 Å². The minimum Gasteiger partial charge on any atom is -0.342 e. The Morgan fingerprint density at radius 3 is 2.53 bits per heavy atom. The van der Waals surface area contributed by atoms with Crippen molar-refractivity contribution in [3.8, 4) is 11.9 Å². The van der Waals surface area contributed by atoms with E-state index >= 15 is 0 Å². The maximum absolute atomic E-state index is 13.0. The summed E-state index contributed by atoms with van der Waals surface area (Å²) in [5.74, 6) is -0.740. The number of carbonyl (C=O) groups excluding carboxylic acids is 2. The van der Waals surface area contributed by atoms with Crippen LogP contribution in [0.4, 0.5) is 13.2 Å². The van der Waals surface area contributed by atoms with Gasteiger partial charge in [-0.1, -0.05) is 11.6 Å². The van der Waals surface area contributed by atoms with Crippen LogP contribution >= 0.6 is 25.1 Å². The van der Waals surface area contributed by atoms with Gasteiger partial charge < -0.3 is 10.6 Å². The molecule has 0 aliphatic heterocycles. The lowest BCUT2D eigenvalue weighted by molar-refractivity contribution is -0.137. The van der Waals surface area contributed by atoms with Crippen LogP contribution in [0.3, 0.4) is 0 Å². The fraction of sp³-hybridized carbons (Fsp3) is 0.200. The number of hydrogen-bond donors (Lipinski definition) is 2. The molecule has 178 valence electrons. The lowest BCUT2D eigenvalue weighted by atomic mass is 10.1. The maximum atomic E-state index is 13.0. The zero-order valence-corrected chi connectivity index (χ0v) is 19.1. The van der Waals surface area contributed by atoms with Crippen molar-refractivity contribution in [2.45, 2.75) is 19.1 Å². The number of nitrogens with one attached hydrogen (secondary N) is 2. The largest absolute Gasteiger partial charge is 0.416 e. The fourth-order valence-corrected chi connectivity index (χ4v) is 3.05. The van der Waals surface area contributed by atoms with Crippen LogP contribution in [0.1, 0.15) is 45.1 Å². The van der Waals surface area contributed by atoms with Crippen LogP contribution in [0.25, 0.3) is 5.82 Å². The van der Waals surface area contributed by atoms with Gasteiger partial charge in [0.05, 0.1) is 23.2 Å². The molecule has 0 saturated heterocycles. The molecule has 2 heterocycles. The van der Waals surface area contributed by atoms with Gasteiger partial charge in [0.25, 0.3) is 11.8 Å². The van der Waals surface area contributed by atoms with Crippen molar-refractivity contribution in [3.63, 3.8) is 0 Å². The van der Waals surface area contributed by atoms with E-state index in [0.717, 1.165) is 12.1 Å². The van der Waals surface area contributed by atoms with E-state index in [-0.39, 0.29) is 47.8 Å². The van der Waals surface area contributed by atoms with E-state index in [2.05, 4.69) is 25.7 Å². The number of nitrogens with zero attached hydrogens (tertiary/aromatic N) is 5. The molecular formula is C20H17ClF3N7O2S. The molecule has 0 saturated carbocycles. The van der Waals surface area contributed by atoms with Gasteiger partial charge in [0.2, 0.25) is 0 Å². The molecule has 2 aromatic heterocycles. The highest BCUT2D eigenvalue weighted by molar-refractivity contribution is 7.59. The highest BCUT2D eigenvalue weighted by Crippen LogP contribution is 2.32. The summed E-state index contributed by atoms with van der Waals surface area (Å²) in [4.78, 5) is 32.7. The van der Waals surface area contributed by atoms with E-state index in [9.17, 15) is 22.8 Å². The topological polar surface area (TPSA) is 126 Å². The molecule has 1 aromatic carbocycles. The molecule has 3 rings (SSSR count). The summed E-state index contributed by atoms with van der Waals surface area (Å²) in [6, 6.07) is 6.54. The van der Waals surface area contributed by atoms with Gasteiger partial charge in [0.1, 0.15) is 12.9 Å². The molecule has 9 nitrogen and oxygen atoms in total. The standard InChI is InChI=1S/C20H15ClF3N7O2.H2S/c1-11(30-19(33)13-6-14(20(22,23)24)8-15(21)7-13)17-28-10-29-31(17)16-3-2-12(9-27-16)18(32)26-5-4-25;/h2-3,6-11H,5H2,1H3,(H,26,32)(H,30,33);1H2/t11-;/m0./s1. The molecule has 34 heavy (non-hydrogen) atoms. The SMILES string of the molecule is C[C@H](NC(=O)c1cc(Cl)cc(C(F)(F)F)c1)c1ncnn1-c1ccc(C(=O)NCC#N)cn1.S. The third kappa shape index (κ3) is 6.24. The summed E-state index contributed by atoms with van der Waals surface area (Å²) >= 11 is 5.75. The van der Waals surface area contributed by atoms with E-state index in [4.69, 9.17) is 16.9 Å². The van der Waals surface area contributed by atoms with Crippen LogP contribution in [0.15, 0.2) is 42.9 Å². The number of aromatic nitrogens is 4. The van der Waals surface area contributed by atoms with Gasteiger partial charge in [0, 0.05) is 16.8 Å². The predicted octanol–water partition coefficient (Wildman–Crippen LogP) is 3.19. The molecule has 2 N–H and O–H groups in total. The molecule has 0 radical (unpaired) electrons. The second-order valence-electron chi connectivity index (χ2n) is 6.70. The summed E-state index contributed by atoms with van der Waals surface area (Å²) in [6.45, 7) is 1.42. The van der Waals surface area contributed by atoms with Gasteiger partial charge in [-0.05, 0) is 37.3 Å². The smallest absolute Gasteiger partial charge is 0.342 e. The number of alkyl halides is 3. The Hall–Kier alpha value is -3.63. The van der Waals surface area contributed by atoms with Crippen molar-refractivity contribution in [3.05, 3.63) is 70.4 Å². The van der Waals surface area contributed by atoms with Crippen LogP contribution in [0, 0.1) is 11.3 Å². The van der Waals surface area contributed by atoms with Crippen molar-refractivity contribution in [1.82, 2.24) is 30.4 Å². The highest BCUT2D eigenvalue weighted by Gasteiger charge is 2.32. The fourth-order valence-electron chi connectivity index (χ4n) is 2.82. The number of pyridine rings is 1. The minimum atomic E-state index is -4.66. The molecule has 2 amide bonds. The number of halogens is 4. The van der Waals surface area contributed by atoms with Crippen molar-refractivity contribution in [2.24, 2.45) is 0 Å². The first kappa shape index (κ1) is 26.6. The molecule has 0 aliphatic carbocycles. The number of nitriles is 1. The van der Waals surface area contributed by atoms with Crippen LogP contribution in [0.2, 0.25) is 5.02 Å². The van der Waals surface area contributed by atoms with Crippen molar-refractivity contribution >= 4 is 36.9 Å². The molecule has 0 aliphatic rings. The number of hydrogen-bond acceptors (Lipinski definition) is 6. The number of rotatable bonds is 6. The zero-order valence-electron chi connectivity index (χ0n) is 17.4. The molecule has 3 aromatic rings. The Morgan fingerprint density at radius 2 is 1.91 bits per heavy atom. The summed E-state index contributed by atoms with van der Waals surface area (Å²) in [5, 5.41) is 17.3. The van der Waals surface area contributed by atoms with Crippen LogP contribution in [-0.2, 0) is 6.18 Å². The molecule has 0 bridgehead atoms. The first-order valence-electron chi connectivity index (χ1n) is 9.30. The normalized spacial score (nSPS) is 11.6. The van der Waals surface area contributed by atoms with Crippen molar-refractivity contribution < 1.29 is 22.8 Å². The van der Waals surface area contributed by atoms with E-state index in [1.165, 1.54) is 29.3 Å². The molecule has 0 unspecified atom stereocenters. The lowest BCUT2D eigenvalue weighted by Crippen LogP contribution is -2.29. The van der Waals surface area contributed by atoms with Crippen LogP contribution < -0.4 is 10.6 Å². The molecule has 1 atom stereocenters. The van der Waals surface area contributed by atoms with Crippen molar-refractivity contribution in [1.29, 1.82) is 5.26 Å². The van der Waals surface area contributed by atoms with E-state index in [1.54, 1.807) is 13.0 Å². The summed E-state index contributed by atoms with van der Waals surface area (Å²) in [5.41, 5.74) is -1.09. The third-order valence-electron chi connectivity index (χ3n) is 4.35. The molecule has 0 spiro atoms. The van der Waals surface area contributed by atoms with Gasteiger partial charge in [-0.2, -0.15) is 41.7 Å². The quantitative estimate of drug-likeness (QED) is 0.489. The summed E-state index contributed by atoms with van der Waals surface area (Å²) in [7, 11) is 0. The Labute approximate surface area is 203 Å². The molecule has 0 fully saturated rings. The second-order valence-corrected chi connectivity index (χ2v) is 7.13. The zero-order chi connectivity index (χ0) is 24.2. The monoisotopic (exact) mass is 511 g/mol. The summed E-state index contributed by atoms with van der Waals surface area (Å²) in [6.07, 6.45) is -2.16. The second kappa shape index (κ2) is 11.0. The van der Waals surface area contributed by atoms with Gasteiger partial charge in [-0.15, -0.1) is 0 Å². The van der Waals surface area contributed by atoms with Gasteiger partial charge in [-0.25, -0.2) is 9.97 Å². The van der Waals surface area contributed by atoms with Crippen LogP contribution in [0.5, 0.6) is 0 Å². The number of carbonyl (C=O) groups is 2. The average molecular weight is 512 g/mol. The first-order valence-corrected chi connectivity index (χ1v) is 9.68. The molecule has 14 heteroatoms. The third-order valence-corrected chi connectivity index (χ3v) is 4.57. The van der Waals surface area contributed by atoms with E-state index in [1.807, 2.05) is 0 Å². The average Bonchev–Trinajstić information content (AvgIpc) is 3.26. The Kier molecular flexibility index (Phi) is 8.61. The lowest BCUT2D eigenvalue weighted by Gasteiger charge is -2.15. The minimum absolute atomic E-state index is 0. The summed E-state index contributed by atoms with van der Waals surface area (Å²) < 4.78 is 40.4. The number of benzene rings is 1. The van der Waals surface area contributed by atoms with Crippen LogP contribution in [-0.4, -0.2) is 38.1 Å². The van der Waals surface area contributed by atoms with Gasteiger partial charge >= 0.3 is 6.18 Å². The first-order chi connectivity index (χ1) is 15.6. The van der Waals surface area contributed by atoms with Gasteiger partial charge in [0.15, 0.2) is 11.6 Å². The van der Waals surface area contributed by atoms with E-state index in [0.29, 0.717) is 6.07 Å². The Balaban J connectivity index is 0.00000408. The van der Waals surface area contributed by atoms with E-state index < -0.39 is 29.6 Å². The Bertz CT molecular complexity index is 1230. The number of amides is 2. The maximum Gasteiger partial charge on any atom is 0.416 e. The molecular weight excluding hydrogens is 495 g/mol. The highest BCUT2D eigenvalue weighted by atomic mass is 35.5. The Morgan fingerprint density at radius 1 is 1.18 bits per heavy atom. The predicted molar refractivity (Wildman–Crippen MR) is 120 cm³/mol.